The van der Waals surface area contributed by atoms with Crippen molar-refractivity contribution in [3.05, 3.63) is 29.3 Å². The third-order valence-corrected chi connectivity index (χ3v) is 2.98. The van der Waals surface area contributed by atoms with Crippen molar-refractivity contribution in [2.75, 3.05) is 25.5 Å². The summed E-state index contributed by atoms with van der Waals surface area (Å²) in [6.45, 7) is 0.945. The zero-order valence-electron chi connectivity index (χ0n) is 9.56. The normalized spacial score (nSPS) is 20.1. The van der Waals surface area contributed by atoms with Crippen LogP contribution in [0.1, 0.15) is 24.4 Å². The van der Waals surface area contributed by atoms with E-state index in [2.05, 4.69) is 5.32 Å². The average Bonchev–Trinajstić information content (AvgIpc) is 2.74. The third-order valence-electron chi connectivity index (χ3n) is 2.98. The van der Waals surface area contributed by atoms with Crippen molar-refractivity contribution in [2.24, 2.45) is 0 Å². The Balaban J connectivity index is 2.39. The number of nitrogens with one attached hydrogen (secondary N) is 1. The Hall–Kier alpha value is -1.16. The van der Waals surface area contributed by atoms with Gasteiger partial charge in [0.2, 0.25) is 0 Å². The summed E-state index contributed by atoms with van der Waals surface area (Å²) in [5.41, 5.74) is 1.14. The Morgan fingerprint density at radius 2 is 2.06 bits per heavy atom. The largest absolute Gasteiger partial charge is 0.375 e. The highest BCUT2D eigenvalue weighted by Crippen LogP contribution is 2.29. The van der Waals surface area contributed by atoms with Gasteiger partial charge in [0.25, 0.3) is 0 Å². The molecule has 2 nitrogen and oxygen atoms in total. The van der Waals surface area contributed by atoms with E-state index in [1.54, 1.807) is 25.1 Å². The zero-order valence-corrected chi connectivity index (χ0v) is 9.56. The SMILES string of the molecule is CN(C)c1cc(C2CCCN2)cc(F)c1F. The lowest BCUT2D eigenvalue weighted by atomic mass is 10.0. The van der Waals surface area contributed by atoms with E-state index in [1.165, 1.54) is 6.07 Å². The second kappa shape index (κ2) is 4.37. The first-order chi connectivity index (χ1) is 7.59. The van der Waals surface area contributed by atoms with Gasteiger partial charge < -0.3 is 10.2 Å². The molecule has 1 unspecified atom stereocenters. The van der Waals surface area contributed by atoms with E-state index in [4.69, 9.17) is 0 Å². The van der Waals surface area contributed by atoms with Crippen LogP contribution in [-0.2, 0) is 0 Å². The van der Waals surface area contributed by atoms with E-state index in [1.807, 2.05) is 0 Å². The molecule has 0 saturated carbocycles. The van der Waals surface area contributed by atoms with Crippen molar-refractivity contribution < 1.29 is 8.78 Å². The quantitative estimate of drug-likeness (QED) is 0.833. The lowest BCUT2D eigenvalue weighted by Crippen LogP contribution is -2.16. The summed E-state index contributed by atoms with van der Waals surface area (Å²) in [5.74, 6) is -1.54. The maximum atomic E-state index is 13.5. The van der Waals surface area contributed by atoms with Crippen LogP contribution in [0, 0.1) is 11.6 Å². The average molecular weight is 226 g/mol. The van der Waals surface area contributed by atoms with Gasteiger partial charge in [0.1, 0.15) is 0 Å². The molecule has 1 atom stereocenters. The number of rotatable bonds is 2. The van der Waals surface area contributed by atoms with Crippen molar-refractivity contribution >= 4 is 5.69 Å². The fourth-order valence-corrected chi connectivity index (χ4v) is 2.09. The maximum Gasteiger partial charge on any atom is 0.182 e. The second-order valence-electron chi connectivity index (χ2n) is 4.38. The molecule has 0 aromatic heterocycles. The lowest BCUT2D eigenvalue weighted by molar-refractivity contribution is 0.503. The van der Waals surface area contributed by atoms with Crippen LogP contribution in [-0.4, -0.2) is 20.6 Å². The molecule has 1 N–H and O–H groups in total. The standard InChI is InChI=1S/C12H16F2N2/c1-16(2)11-7-8(6-9(13)12(11)14)10-4-3-5-15-10/h6-7,10,15H,3-5H2,1-2H3. The minimum Gasteiger partial charge on any atom is -0.375 e. The Morgan fingerprint density at radius 1 is 1.31 bits per heavy atom. The molecule has 0 radical (unpaired) electrons. The van der Waals surface area contributed by atoms with Gasteiger partial charge in [-0.1, -0.05) is 0 Å². The van der Waals surface area contributed by atoms with Gasteiger partial charge in [-0.05, 0) is 37.1 Å². The van der Waals surface area contributed by atoms with Gasteiger partial charge in [0.15, 0.2) is 11.6 Å². The summed E-state index contributed by atoms with van der Waals surface area (Å²) in [6.07, 6.45) is 2.07. The minimum absolute atomic E-state index is 0.161. The fraction of sp³-hybridized carbons (Fsp3) is 0.500. The van der Waals surface area contributed by atoms with Crippen LogP contribution in [0.15, 0.2) is 12.1 Å². The highest BCUT2D eigenvalue weighted by Gasteiger charge is 2.20. The Labute approximate surface area is 94.3 Å². The molecule has 0 spiro atoms. The van der Waals surface area contributed by atoms with Crippen LogP contribution in [0.25, 0.3) is 0 Å². The summed E-state index contributed by atoms with van der Waals surface area (Å²) in [5, 5.41) is 3.28. The Kier molecular flexibility index (Phi) is 3.10. The van der Waals surface area contributed by atoms with E-state index in [0.717, 1.165) is 24.9 Å². The molecule has 1 aliphatic rings. The van der Waals surface area contributed by atoms with E-state index in [9.17, 15) is 8.78 Å². The first-order valence-corrected chi connectivity index (χ1v) is 5.49. The van der Waals surface area contributed by atoms with Gasteiger partial charge in [-0.25, -0.2) is 8.78 Å². The molecule has 1 fully saturated rings. The minimum atomic E-state index is -0.772. The van der Waals surface area contributed by atoms with E-state index >= 15 is 0 Å². The van der Waals surface area contributed by atoms with Crippen LogP contribution in [0.3, 0.4) is 0 Å². The first-order valence-electron chi connectivity index (χ1n) is 5.49. The number of nitrogens with zero attached hydrogens (tertiary/aromatic N) is 1. The molecule has 4 heteroatoms. The zero-order chi connectivity index (χ0) is 11.7. The number of halogens is 2. The summed E-state index contributed by atoms with van der Waals surface area (Å²) in [6, 6.07) is 3.18. The van der Waals surface area contributed by atoms with Crippen molar-refractivity contribution in [3.8, 4) is 0 Å². The predicted molar refractivity (Wildman–Crippen MR) is 60.7 cm³/mol. The van der Waals surface area contributed by atoms with Crippen LogP contribution in [0.5, 0.6) is 0 Å². The van der Waals surface area contributed by atoms with Crippen LogP contribution >= 0.6 is 0 Å². The van der Waals surface area contributed by atoms with Crippen molar-refractivity contribution in [1.29, 1.82) is 0 Å². The molecule has 1 aromatic carbocycles. The first kappa shape index (κ1) is 11.3. The van der Waals surface area contributed by atoms with Gasteiger partial charge in [-0.3, -0.25) is 0 Å². The molecule has 1 aliphatic heterocycles. The van der Waals surface area contributed by atoms with Crippen LogP contribution < -0.4 is 10.2 Å². The Bertz CT molecular complexity index is 385. The van der Waals surface area contributed by atoms with Crippen molar-refractivity contribution in [3.63, 3.8) is 0 Å². The molecule has 0 amide bonds. The third kappa shape index (κ3) is 2.02. The van der Waals surface area contributed by atoms with Crippen LogP contribution in [0.4, 0.5) is 14.5 Å². The maximum absolute atomic E-state index is 13.5. The summed E-state index contributed by atoms with van der Waals surface area (Å²) >= 11 is 0. The molecule has 1 heterocycles. The summed E-state index contributed by atoms with van der Waals surface area (Å²) in [4.78, 5) is 1.59. The highest BCUT2D eigenvalue weighted by atomic mass is 19.2. The van der Waals surface area contributed by atoms with E-state index in [-0.39, 0.29) is 6.04 Å². The molecule has 1 aromatic rings. The summed E-state index contributed by atoms with van der Waals surface area (Å²) < 4.78 is 26.9. The smallest absolute Gasteiger partial charge is 0.182 e. The lowest BCUT2D eigenvalue weighted by Gasteiger charge is -2.18. The number of hydrogen-bond donors (Lipinski definition) is 1. The molecule has 0 bridgehead atoms. The van der Waals surface area contributed by atoms with Gasteiger partial charge in [0, 0.05) is 20.1 Å². The topological polar surface area (TPSA) is 15.3 Å². The molecule has 0 aliphatic carbocycles. The number of hydrogen-bond acceptors (Lipinski definition) is 2. The Morgan fingerprint density at radius 3 is 2.62 bits per heavy atom. The van der Waals surface area contributed by atoms with E-state index in [0.29, 0.717) is 5.69 Å². The second-order valence-corrected chi connectivity index (χ2v) is 4.38. The van der Waals surface area contributed by atoms with Gasteiger partial charge in [0.05, 0.1) is 5.69 Å². The van der Waals surface area contributed by atoms with Crippen molar-refractivity contribution in [2.45, 2.75) is 18.9 Å². The number of anilines is 1. The van der Waals surface area contributed by atoms with Gasteiger partial charge in [-0.15, -0.1) is 0 Å². The highest BCUT2D eigenvalue weighted by molar-refractivity contribution is 5.50. The van der Waals surface area contributed by atoms with Crippen molar-refractivity contribution in [1.82, 2.24) is 5.32 Å². The molecular formula is C12H16F2N2. The van der Waals surface area contributed by atoms with E-state index < -0.39 is 11.6 Å². The predicted octanol–water partition coefficient (Wildman–Crippen LogP) is 2.46. The molecular weight excluding hydrogens is 210 g/mol. The molecule has 16 heavy (non-hydrogen) atoms. The molecule has 88 valence electrons. The number of benzene rings is 1. The molecule has 2 rings (SSSR count). The monoisotopic (exact) mass is 226 g/mol. The molecule has 1 saturated heterocycles. The van der Waals surface area contributed by atoms with Crippen LogP contribution in [0.2, 0.25) is 0 Å². The van der Waals surface area contributed by atoms with Gasteiger partial charge >= 0.3 is 0 Å². The fourth-order valence-electron chi connectivity index (χ4n) is 2.09. The summed E-state index contributed by atoms with van der Waals surface area (Å²) in [7, 11) is 3.42. The van der Waals surface area contributed by atoms with Gasteiger partial charge in [-0.2, -0.15) is 0 Å².